The molecule has 0 atom stereocenters. The van der Waals surface area contributed by atoms with Crippen molar-refractivity contribution in [1.82, 2.24) is 5.32 Å². The zero-order chi connectivity index (χ0) is 16.4. The first-order valence-corrected chi connectivity index (χ1v) is 7.53. The van der Waals surface area contributed by atoms with Crippen LogP contribution in [0.5, 0.6) is 0 Å². The number of sulfone groups is 1. The molecular weight excluding hydrogens is 375 g/mol. The predicted octanol–water partition coefficient (Wildman–Crippen LogP) is 0.255. The summed E-state index contributed by atoms with van der Waals surface area (Å²) in [5.74, 6) is -5.70. The third-order valence-corrected chi connectivity index (χ3v) is 4.22. The molecule has 0 aliphatic heterocycles. The van der Waals surface area contributed by atoms with Gasteiger partial charge in [0.1, 0.15) is 10.6 Å². The fourth-order valence-corrected chi connectivity index (χ4v) is 3.24. The summed E-state index contributed by atoms with van der Waals surface area (Å²) >= 11 is 2.85. The van der Waals surface area contributed by atoms with Crippen LogP contribution >= 0.6 is 15.9 Å². The first kappa shape index (κ1) is 17.0. The number of amides is 3. The lowest BCUT2D eigenvalue weighted by Crippen LogP contribution is -2.38. The molecular formula is C10H8BrFN2O6S. The molecule has 0 bridgehead atoms. The molecule has 0 unspecified atom stereocenters. The van der Waals surface area contributed by atoms with Gasteiger partial charge in [0.15, 0.2) is 15.7 Å². The second kappa shape index (κ2) is 6.18. The van der Waals surface area contributed by atoms with Crippen LogP contribution in [0.1, 0.15) is 10.4 Å². The van der Waals surface area contributed by atoms with Crippen molar-refractivity contribution in [2.45, 2.75) is 4.90 Å². The fraction of sp³-hybridized carbons (Fsp3) is 0.100. The maximum Gasteiger partial charge on any atom is 0.338 e. The number of hydrogen-bond acceptors (Lipinski definition) is 5. The molecule has 1 aromatic rings. The average Bonchev–Trinajstić information content (AvgIpc) is 2.29. The smallest absolute Gasteiger partial charge is 0.338 e. The number of carbonyl (C=O) groups is 3. The van der Waals surface area contributed by atoms with Crippen molar-refractivity contribution in [3.63, 3.8) is 0 Å². The Hall–Kier alpha value is -2.01. The summed E-state index contributed by atoms with van der Waals surface area (Å²) in [5, 5.41) is 10.3. The van der Waals surface area contributed by atoms with Gasteiger partial charge in [-0.3, -0.25) is 10.1 Å². The highest BCUT2D eigenvalue weighted by Crippen LogP contribution is 2.25. The molecule has 0 heterocycles. The Morgan fingerprint density at radius 3 is 2.38 bits per heavy atom. The Bertz CT molecular complexity index is 733. The maximum atomic E-state index is 13.9. The first-order valence-electron chi connectivity index (χ1n) is 5.09. The molecule has 3 amide bonds. The number of nitrogens with two attached hydrogens (primary N) is 1. The molecule has 0 spiro atoms. The van der Waals surface area contributed by atoms with Crippen molar-refractivity contribution in [2.75, 3.05) is 5.75 Å². The molecule has 21 heavy (non-hydrogen) atoms. The van der Waals surface area contributed by atoms with E-state index >= 15 is 0 Å². The van der Waals surface area contributed by atoms with E-state index in [1.54, 1.807) is 0 Å². The van der Waals surface area contributed by atoms with Gasteiger partial charge >= 0.3 is 12.0 Å². The molecule has 11 heteroatoms. The van der Waals surface area contributed by atoms with Crippen LogP contribution in [0.25, 0.3) is 0 Å². The van der Waals surface area contributed by atoms with E-state index in [0.29, 0.717) is 0 Å². The molecule has 4 N–H and O–H groups in total. The predicted molar refractivity (Wildman–Crippen MR) is 70.8 cm³/mol. The number of carbonyl (C=O) groups excluding carboxylic acids is 2. The first-order chi connectivity index (χ1) is 9.54. The van der Waals surface area contributed by atoms with Gasteiger partial charge in [0.05, 0.1) is 5.56 Å². The Morgan fingerprint density at radius 2 is 1.90 bits per heavy atom. The Morgan fingerprint density at radius 1 is 1.33 bits per heavy atom. The molecule has 8 nitrogen and oxygen atoms in total. The van der Waals surface area contributed by atoms with Crippen LogP contribution in [0.2, 0.25) is 0 Å². The number of nitrogens with one attached hydrogen (secondary N) is 1. The molecule has 0 radical (unpaired) electrons. The summed E-state index contributed by atoms with van der Waals surface area (Å²) in [5.41, 5.74) is 3.77. The topological polar surface area (TPSA) is 144 Å². The van der Waals surface area contributed by atoms with Gasteiger partial charge in [0, 0.05) is 4.47 Å². The summed E-state index contributed by atoms with van der Waals surface area (Å²) in [6.45, 7) is 0. The molecule has 0 saturated carbocycles. The minimum atomic E-state index is -4.50. The third-order valence-electron chi connectivity index (χ3n) is 2.15. The summed E-state index contributed by atoms with van der Waals surface area (Å²) in [7, 11) is -4.50. The van der Waals surface area contributed by atoms with E-state index in [1.165, 1.54) is 5.32 Å². The van der Waals surface area contributed by atoms with Crippen LogP contribution in [0.15, 0.2) is 21.5 Å². The second-order valence-electron chi connectivity index (χ2n) is 3.74. The molecule has 0 fully saturated rings. The fourth-order valence-electron chi connectivity index (χ4n) is 1.37. The monoisotopic (exact) mass is 382 g/mol. The van der Waals surface area contributed by atoms with Gasteiger partial charge in [0.2, 0.25) is 5.91 Å². The number of halogens is 2. The van der Waals surface area contributed by atoms with E-state index in [4.69, 9.17) is 5.11 Å². The SMILES string of the molecule is NC(=O)NC(=O)CS(=O)(=O)c1cc(Br)cc(C(=O)O)c1F. The number of rotatable bonds is 4. The highest BCUT2D eigenvalue weighted by molar-refractivity contribution is 9.10. The van der Waals surface area contributed by atoms with E-state index in [9.17, 15) is 27.2 Å². The van der Waals surface area contributed by atoms with Gasteiger partial charge in [-0.2, -0.15) is 0 Å². The second-order valence-corrected chi connectivity index (χ2v) is 6.62. The zero-order valence-corrected chi connectivity index (χ0v) is 12.5. The summed E-state index contributed by atoms with van der Waals surface area (Å²) in [6.07, 6.45) is 0. The molecule has 1 rings (SSSR count). The van der Waals surface area contributed by atoms with Crippen molar-refractivity contribution in [3.05, 3.63) is 28.0 Å². The van der Waals surface area contributed by atoms with Crippen molar-refractivity contribution < 1.29 is 32.3 Å². The third kappa shape index (κ3) is 4.23. The number of imide groups is 1. The lowest BCUT2D eigenvalue weighted by atomic mass is 10.2. The lowest BCUT2D eigenvalue weighted by Gasteiger charge is -2.08. The van der Waals surface area contributed by atoms with E-state index in [-0.39, 0.29) is 4.47 Å². The molecule has 0 saturated heterocycles. The van der Waals surface area contributed by atoms with Crippen molar-refractivity contribution >= 4 is 43.7 Å². The van der Waals surface area contributed by atoms with Gasteiger partial charge in [-0.1, -0.05) is 15.9 Å². The van der Waals surface area contributed by atoms with Crippen LogP contribution < -0.4 is 11.1 Å². The number of primary amides is 1. The summed E-state index contributed by atoms with van der Waals surface area (Å²) < 4.78 is 37.7. The Labute approximate surface area is 126 Å². The molecule has 114 valence electrons. The average molecular weight is 383 g/mol. The molecule has 0 aliphatic carbocycles. The van der Waals surface area contributed by atoms with E-state index in [0.717, 1.165) is 12.1 Å². The Balaban J connectivity index is 3.29. The van der Waals surface area contributed by atoms with Gasteiger partial charge in [-0.15, -0.1) is 0 Å². The highest BCUT2D eigenvalue weighted by Gasteiger charge is 2.27. The van der Waals surface area contributed by atoms with Crippen LogP contribution in [0.4, 0.5) is 9.18 Å². The van der Waals surface area contributed by atoms with E-state index in [2.05, 4.69) is 21.7 Å². The number of carboxylic acid groups (broad SMARTS) is 1. The van der Waals surface area contributed by atoms with Gasteiger partial charge in [-0.25, -0.2) is 22.4 Å². The van der Waals surface area contributed by atoms with Gasteiger partial charge in [0.25, 0.3) is 0 Å². The molecule has 0 aromatic heterocycles. The number of aromatic carboxylic acids is 1. The minimum absolute atomic E-state index is 0.00446. The molecule has 1 aromatic carbocycles. The normalized spacial score (nSPS) is 11.0. The van der Waals surface area contributed by atoms with Gasteiger partial charge < -0.3 is 10.8 Å². The number of carboxylic acids is 1. The highest BCUT2D eigenvalue weighted by atomic mass is 79.9. The Kier molecular flexibility index (Phi) is 5.01. The van der Waals surface area contributed by atoms with Crippen molar-refractivity contribution in [2.24, 2.45) is 5.73 Å². The number of benzene rings is 1. The standard InChI is InChI=1S/C10H8BrFN2O6S/c11-4-1-5(9(16)17)8(12)6(2-4)21(19,20)3-7(15)14-10(13)18/h1-2H,3H2,(H,16,17)(H3,13,14,15,18). The quantitative estimate of drug-likeness (QED) is 0.680. The lowest BCUT2D eigenvalue weighted by molar-refractivity contribution is -0.117. The number of urea groups is 1. The van der Waals surface area contributed by atoms with Crippen molar-refractivity contribution in [3.8, 4) is 0 Å². The van der Waals surface area contributed by atoms with Crippen molar-refractivity contribution in [1.29, 1.82) is 0 Å². The minimum Gasteiger partial charge on any atom is -0.478 e. The molecule has 0 aliphatic rings. The van der Waals surface area contributed by atoms with Crippen LogP contribution in [-0.4, -0.2) is 37.2 Å². The van der Waals surface area contributed by atoms with Crippen LogP contribution in [0.3, 0.4) is 0 Å². The van der Waals surface area contributed by atoms with Crippen LogP contribution in [-0.2, 0) is 14.6 Å². The number of hydrogen-bond donors (Lipinski definition) is 3. The van der Waals surface area contributed by atoms with E-state index < -0.39 is 49.8 Å². The summed E-state index contributed by atoms with van der Waals surface area (Å²) in [4.78, 5) is 31.5. The maximum absolute atomic E-state index is 13.9. The van der Waals surface area contributed by atoms with Gasteiger partial charge in [-0.05, 0) is 12.1 Å². The summed E-state index contributed by atoms with van der Waals surface area (Å²) in [6, 6.07) is 0.422. The van der Waals surface area contributed by atoms with E-state index in [1.807, 2.05) is 0 Å². The zero-order valence-electron chi connectivity index (χ0n) is 10.1. The van der Waals surface area contributed by atoms with Crippen LogP contribution in [0, 0.1) is 5.82 Å². The largest absolute Gasteiger partial charge is 0.478 e.